The smallest absolute Gasteiger partial charge is 0.254 e. The Balaban J connectivity index is 1.77. The zero-order valence-corrected chi connectivity index (χ0v) is 17.1. The van der Waals surface area contributed by atoms with Gasteiger partial charge in [-0.05, 0) is 43.3 Å². The van der Waals surface area contributed by atoms with E-state index in [1.165, 1.54) is 7.05 Å². The van der Waals surface area contributed by atoms with Crippen molar-refractivity contribution < 1.29 is 13.2 Å². The molecule has 0 fully saturated rings. The van der Waals surface area contributed by atoms with Gasteiger partial charge in [-0.2, -0.15) is 4.31 Å². The highest BCUT2D eigenvalue weighted by atomic mass is 32.2. The Morgan fingerprint density at radius 1 is 0.828 bits per heavy atom. The van der Waals surface area contributed by atoms with Crippen molar-refractivity contribution in [1.29, 1.82) is 0 Å². The van der Waals surface area contributed by atoms with Gasteiger partial charge >= 0.3 is 0 Å². The average Bonchev–Trinajstić information content (AvgIpc) is 2.73. The molecule has 29 heavy (non-hydrogen) atoms. The fourth-order valence-electron chi connectivity index (χ4n) is 2.77. The van der Waals surface area contributed by atoms with Gasteiger partial charge in [0.2, 0.25) is 10.0 Å². The maximum absolute atomic E-state index is 12.7. The lowest BCUT2D eigenvalue weighted by molar-refractivity contribution is -0.121. The number of benzene rings is 3. The minimum absolute atomic E-state index is 0.154. The molecule has 0 aromatic heterocycles. The summed E-state index contributed by atoms with van der Waals surface area (Å²) in [6.45, 7) is 1.57. The Labute approximate surface area is 171 Å². The van der Waals surface area contributed by atoms with Crippen molar-refractivity contribution in [3.05, 3.63) is 90.5 Å². The van der Waals surface area contributed by atoms with Gasteiger partial charge in [-0.1, -0.05) is 54.1 Å². The fraction of sp³-hybridized carbons (Fsp3) is 0.136. The summed E-state index contributed by atoms with van der Waals surface area (Å²) in [6.07, 6.45) is 0. The number of hydrazine groups is 1. The molecule has 1 N–H and O–H groups in total. The van der Waals surface area contributed by atoms with Crippen molar-refractivity contribution in [3.63, 3.8) is 0 Å². The number of likely N-dealkylation sites (N-methyl/N-ethyl adjacent to an activating group) is 1. The second-order valence-electron chi connectivity index (χ2n) is 6.62. The third-order valence-electron chi connectivity index (χ3n) is 4.36. The van der Waals surface area contributed by atoms with Gasteiger partial charge in [-0.15, -0.1) is 0 Å². The predicted molar refractivity (Wildman–Crippen MR) is 114 cm³/mol. The number of nitrogens with one attached hydrogen (secondary N) is 1. The molecule has 7 heteroatoms. The molecule has 0 saturated heterocycles. The summed E-state index contributed by atoms with van der Waals surface area (Å²) in [5, 5.41) is 1.63. The molecule has 0 aliphatic carbocycles. The summed E-state index contributed by atoms with van der Waals surface area (Å²) in [7, 11) is -2.37. The number of anilines is 2. The van der Waals surface area contributed by atoms with E-state index in [1.807, 2.05) is 67.6 Å². The van der Waals surface area contributed by atoms with Crippen LogP contribution in [0.5, 0.6) is 0 Å². The van der Waals surface area contributed by atoms with Gasteiger partial charge in [0.15, 0.2) is 0 Å². The van der Waals surface area contributed by atoms with Crippen LogP contribution in [0, 0.1) is 6.92 Å². The SMILES string of the molecule is Cc1ccc(S(=O)(=O)N(C)CC(=O)NN(c2ccccc2)c2ccccc2)cc1. The Morgan fingerprint density at radius 2 is 1.31 bits per heavy atom. The van der Waals surface area contributed by atoms with Gasteiger partial charge in [0.25, 0.3) is 5.91 Å². The molecule has 0 radical (unpaired) electrons. The molecule has 150 valence electrons. The second-order valence-corrected chi connectivity index (χ2v) is 8.66. The lowest BCUT2D eigenvalue weighted by Crippen LogP contribution is -2.45. The highest BCUT2D eigenvalue weighted by Gasteiger charge is 2.24. The van der Waals surface area contributed by atoms with E-state index < -0.39 is 15.9 Å². The maximum atomic E-state index is 12.7. The van der Waals surface area contributed by atoms with Crippen LogP contribution in [-0.2, 0) is 14.8 Å². The number of hydrogen-bond acceptors (Lipinski definition) is 4. The highest BCUT2D eigenvalue weighted by molar-refractivity contribution is 7.89. The van der Waals surface area contributed by atoms with Crippen LogP contribution >= 0.6 is 0 Å². The van der Waals surface area contributed by atoms with E-state index >= 15 is 0 Å². The molecule has 3 aromatic rings. The van der Waals surface area contributed by atoms with Gasteiger partial charge in [-0.25, -0.2) is 8.42 Å². The van der Waals surface area contributed by atoms with Crippen molar-refractivity contribution in [2.45, 2.75) is 11.8 Å². The van der Waals surface area contributed by atoms with Gasteiger partial charge in [0, 0.05) is 7.05 Å². The Morgan fingerprint density at radius 3 is 1.79 bits per heavy atom. The molecule has 0 spiro atoms. The molecule has 0 atom stereocenters. The summed E-state index contributed by atoms with van der Waals surface area (Å²) in [6, 6.07) is 25.2. The van der Waals surface area contributed by atoms with Crippen LogP contribution in [0.3, 0.4) is 0 Å². The number of amides is 1. The Kier molecular flexibility index (Phi) is 6.31. The van der Waals surface area contributed by atoms with Gasteiger partial charge in [-0.3, -0.25) is 15.2 Å². The summed E-state index contributed by atoms with van der Waals surface area (Å²) < 4.78 is 26.5. The molecule has 0 bridgehead atoms. The van der Waals surface area contributed by atoms with Crippen LogP contribution < -0.4 is 10.4 Å². The minimum Gasteiger partial charge on any atom is -0.272 e. The molecule has 1 amide bonds. The molecule has 0 saturated carbocycles. The van der Waals surface area contributed by atoms with E-state index in [-0.39, 0.29) is 11.4 Å². The largest absolute Gasteiger partial charge is 0.272 e. The fourth-order valence-corrected chi connectivity index (χ4v) is 3.90. The Hall–Kier alpha value is -3.16. The summed E-state index contributed by atoms with van der Waals surface area (Å²) in [5.41, 5.74) is 5.29. The number of sulfonamides is 1. The molecule has 0 aliphatic heterocycles. The predicted octanol–water partition coefficient (Wildman–Crippen LogP) is 3.49. The summed E-state index contributed by atoms with van der Waals surface area (Å²) in [5.74, 6) is -0.448. The highest BCUT2D eigenvalue weighted by Crippen LogP contribution is 2.22. The first kappa shape index (κ1) is 20.6. The zero-order valence-electron chi connectivity index (χ0n) is 16.3. The van der Waals surface area contributed by atoms with Gasteiger partial charge in [0.1, 0.15) is 0 Å². The maximum Gasteiger partial charge on any atom is 0.254 e. The van der Waals surface area contributed by atoms with Gasteiger partial charge < -0.3 is 0 Å². The number of aryl methyl sites for hydroxylation is 1. The second kappa shape index (κ2) is 8.89. The molecular formula is C22H23N3O3S. The van der Waals surface area contributed by atoms with E-state index in [1.54, 1.807) is 29.3 Å². The van der Waals surface area contributed by atoms with Crippen molar-refractivity contribution in [2.24, 2.45) is 0 Å². The summed E-state index contributed by atoms with van der Waals surface area (Å²) in [4.78, 5) is 12.8. The zero-order chi connectivity index (χ0) is 20.9. The molecule has 6 nitrogen and oxygen atoms in total. The van der Waals surface area contributed by atoms with Gasteiger partial charge in [0.05, 0.1) is 22.8 Å². The third kappa shape index (κ3) is 5.01. The van der Waals surface area contributed by atoms with Crippen LogP contribution in [0.2, 0.25) is 0 Å². The van der Waals surface area contributed by atoms with E-state index in [2.05, 4.69) is 5.43 Å². The molecule has 3 rings (SSSR count). The standard InChI is InChI=1S/C22H23N3O3S/c1-18-13-15-21(16-14-18)29(27,28)24(2)17-22(26)23-25(19-9-5-3-6-10-19)20-11-7-4-8-12-20/h3-16H,17H2,1-2H3,(H,23,26). The van der Waals surface area contributed by atoms with Crippen molar-refractivity contribution >= 4 is 27.3 Å². The van der Waals surface area contributed by atoms with Crippen LogP contribution in [0.15, 0.2) is 89.8 Å². The molecule has 0 aliphatic rings. The van der Waals surface area contributed by atoms with Crippen molar-refractivity contribution in [3.8, 4) is 0 Å². The number of para-hydroxylation sites is 2. The summed E-state index contributed by atoms with van der Waals surface area (Å²) >= 11 is 0. The topological polar surface area (TPSA) is 69.7 Å². The van der Waals surface area contributed by atoms with E-state index in [0.717, 1.165) is 21.2 Å². The van der Waals surface area contributed by atoms with E-state index in [0.29, 0.717) is 0 Å². The molecular weight excluding hydrogens is 386 g/mol. The van der Waals surface area contributed by atoms with E-state index in [9.17, 15) is 13.2 Å². The van der Waals surface area contributed by atoms with Crippen molar-refractivity contribution in [2.75, 3.05) is 18.6 Å². The minimum atomic E-state index is -3.76. The van der Waals surface area contributed by atoms with Crippen LogP contribution in [0.1, 0.15) is 5.56 Å². The molecule has 3 aromatic carbocycles. The monoisotopic (exact) mass is 409 g/mol. The lowest BCUT2D eigenvalue weighted by atomic mass is 10.2. The van der Waals surface area contributed by atoms with Crippen LogP contribution in [0.25, 0.3) is 0 Å². The molecule has 0 heterocycles. The third-order valence-corrected chi connectivity index (χ3v) is 6.18. The first-order valence-electron chi connectivity index (χ1n) is 9.10. The molecule has 0 unspecified atom stereocenters. The number of rotatable bonds is 7. The first-order chi connectivity index (χ1) is 13.9. The normalized spacial score (nSPS) is 11.3. The van der Waals surface area contributed by atoms with Crippen molar-refractivity contribution in [1.82, 2.24) is 9.73 Å². The number of hydrogen-bond donors (Lipinski definition) is 1. The van der Waals surface area contributed by atoms with E-state index in [4.69, 9.17) is 0 Å². The average molecular weight is 410 g/mol. The quantitative estimate of drug-likeness (QED) is 0.607. The lowest BCUT2D eigenvalue weighted by Gasteiger charge is -2.26. The van der Waals surface area contributed by atoms with Crippen LogP contribution in [-0.4, -0.2) is 32.2 Å². The number of nitrogens with zero attached hydrogens (tertiary/aromatic N) is 2. The van der Waals surface area contributed by atoms with Crippen LogP contribution in [0.4, 0.5) is 11.4 Å². The number of carbonyl (C=O) groups is 1. The Bertz CT molecular complexity index is 1010. The number of carbonyl (C=O) groups excluding carboxylic acids is 1. The first-order valence-corrected chi connectivity index (χ1v) is 10.5.